The number of benzene rings is 1. The number of methoxy groups -OCH3 is 1. The summed E-state index contributed by atoms with van der Waals surface area (Å²) in [5, 5.41) is 5.35. The molecule has 0 saturated carbocycles. The third-order valence-electron chi connectivity index (χ3n) is 3.19. The van der Waals surface area contributed by atoms with E-state index in [1.165, 1.54) is 11.3 Å². The van der Waals surface area contributed by atoms with Crippen molar-refractivity contribution in [3.05, 3.63) is 51.2 Å². The average molecular weight is 339 g/mol. The minimum atomic E-state index is -0.150. The van der Waals surface area contributed by atoms with Gasteiger partial charge in [-0.25, -0.2) is 0 Å². The third-order valence-corrected chi connectivity index (χ3v) is 4.53. The monoisotopic (exact) mass is 338 g/mol. The summed E-state index contributed by atoms with van der Waals surface area (Å²) in [7, 11) is 5.58. The Labute approximate surface area is 139 Å². The highest BCUT2D eigenvalue weighted by atomic mass is 35.5. The topological polar surface area (TPSA) is 41.6 Å². The molecular formula is C16H19ClN2O2S. The number of nitrogens with zero attached hydrogens (tertiary/aromatic N) is 1. The van der Waals surface area contributed by atoms with Crippen molar-refractivity contribution in [2.24, 2.45) is 0 Å². The molecule has 1 unspecified atom stereocenters. The number of halogens is 1. The van der Waals surface area contributed by atoms with Crippen LogP contribution in [0.5, 0.6) is 5.75 Å². The van der Waals surface area contributed by atoms with E-state index in [9.17, 15) is 4.79 Å². The van der Waals surface area contributed by atoms with E-state index in [2.05, 4.69) is 5.32 Å². The fraction of sp³-hybridized carbons (Fsp3) is 0.312. The highest BCUT2D eigenvalue weighted by Gasteiger charge is 2.19. The predicted octanol–water partition coefficient (Wildman–Crippen LogP) is 3.44. The van der Waals surface area contributed by atoms with Crippen molar-refractivity contribution in [1.82, 2.24) is 10.2 Å². The maximum atomic E-state index is 12.4. The van der Waals surface area contributed by atoms with Crippen molar-refractivity contribution in [3.8, 4) is 5.75 Å². The number of nitrogens with one attached hydrogen (secondary N) is 1. The summed E-state index contributed by atoms with van der Waals surface area (Å²) in [4.78, 5) is 15.0. The molecule has 0 fully saturated rings. The average Bonchev–Trinajstić information content (AvgIpc) is 2.92. The summed E-state index contributed by atoms with van der Waals surface area (Å²) >= 11 is 7.37. The first-order chi connectivity index (χ1) is 10.5. The lowest BCUT2D eigenvalue weighted by Gasteiger charge is -2.23. The van der Waals surface area contributed by atoms with Crippen LogP contribution in [0.25, 0.3) is 0 Å². The number of likely N-dealkylation sites (N-methyl/N-ethyl adjacent to an activating group) is 1. The van der Waals surface area contributed by atoms with Gasteiger partial charge in [0.1, 0.15) is 10.6 Å². The van der Waals surface area contributed by atoms with Crippen molar-refractivity contribution >= 4 is 28.8 Å². The maximum Gasteiger partial charge on any atom is 0.263 e. The Morgan fingerprint density at radius 3 is 2.50 bits per heavy atom. The highest BCUT2D eigenvalue weighted by molar-refractivity contribution is 7.12. The molecule has 6 heteroatoms. The number of amides is 1. The zero-order valence-corrected chi connectivity index (χ0v) is 14.4. The second kappa shape index (κ2) is 7.63. The molecule has 0 bridgehead atoms. The lowest BCUT2D eigenvalue weighted by atomic mass is 10.1. The van der Waals surface area contributed by atoms with Gasteiger partial charge >= 0.3 is 0 Å². The van der Waals surface area contributed by atoms with Crippen LogP contribution in [0.1, 0.15) is 21.3 Å². The number of rotatable bonds is 6. The molecule has 1 aromatic heterocycles. The Hall–Kier alpha value is -1.56. The van der Waals surface area contributed by atoms with Gasteiger partial charge in [-0.15, -0.1) is 11.3 Å². The fourth-order valence-electron chi connectivity index (χ4n) is 2.12. The van der Waals surface area contributed by atoms with Gasteiger partial charge in [-0.05, 0) is 43.2 Å². The van der Waals surface area contributed by atoms with Crippen LogP contribution in [0.15, 0.2) is 35.7 Å². The van der Waals surface area contributed by atoms with E-state index in [0.29, 0.717) is 16.4 Å². The maximum absolute atomic E-state index is 12.4. The summed E-state index contributed by atoms with van der Waals surface area (Å²) in [5.41, 5.74) is 1.02. The Kier molecular flexibility index (Phi) is 5.83. The van der Waals surface area contributed by atoms with Gasteiger partial charge in [-0.1, -0.05) is 23.7 Å². The lowest BCUT2D eigenvalue weighted by molar-refractivity contribution is 0.0934. The number of hydrogen-bond acceptors (Lipinski definition) is 4. The Morgan fingerprint density at radius 2 is 2.00 bits per heavy atom. The van der Waals surface area contributed by atoms with Crippen LogP contribution in [-0.2, 0) is 0 Å². The van der Waals surface area contributed by atoms with Crippen molar-refractivity contribution in [2.45, 2.75) is 6.04 Å². The summed E-state index contributed by atoms with van der Waals surface area (Å²) in [6.45, 7) is 0.695. The van der Waals surface area contributed by atoms with E-state index in [1.54, 1.807) is 13.2 Å². The van der Waals surface area contributed by atoms with E-state index in [1.807, 2.05) is 48.6 Å². The van der Waals surface area contributed by atoms with Gasteiger partial charge in [-0.3, -0.25) is 4.79 Å². The Balaban J connectivity index is 2.18. The van der Waals surface area contributed by atoms with Crippen LogP contribution >= 0.6 is 22.9 Å². The number of ether oxygens (including phenoxy) is 1. The predicted molar refractivity (Wildman–Crippen MR) is 91.1 cm³/mol. The van der Waals surface area contributed by atoms with Crippen molar-refractivity contribution in [1.29, 1.82) is 0 Å². The molecule has 2 aromatic rings. The minimum absolute atomic E-state index is 0.119. The second-order valence-electron chi connectivity index (χ2n) is 5.16. The summed E-state index contributed by atoms with van der Waals surface area (Å²) in [5.74, 6) is 0.641. The van der Waals surface area contributed by atoms with Gasteiger partial charge in [0.15, 0.2) is 0 Å². The van der Waals surface area contributed by atoms with Gasteiger partial charge in [0.25, 0.3) is 5.91 Å². The molecule has 1 aromatic carbocycles. The molecule has 0 saturated heterocycles. The summed E-state index contributed by atoms with van der Waals surface area (Å²) in [6, 6.07) is 9.32. The number of hydrogen-bond donors (Lipinski definition) is 1. The van der Waals surface area contributed by atoms with Crippen molar-refractivity contribution in [3.63, 3.8) is 0 Å². The molecule has 0 aliphatic rings. The summed E-state index contributed by atoms with van der Waals surface area (Å²) in [6.07, 6.45) is 0. The van der Waals surface area contributed by atoms with Crippen molar-refractivity contribution < 1.29 is 9.53 Å². The van der Waals surface area contributed by atoms with Crippen LogP contribution < -0.4 is 10.1 Å². The lowest BCUT2D eigenvalue weighted by Crippen LogP contribution is -2.35. The van der Waals surface area contributed by atoms with E-state index in [4.69, 9.17) is 16.3 Å². The molecule has 1 heterocycles. The molecule has 0 aliphatic carbocycles. The molecule has 22 heavy (non-hydrogen) atoms. The Bertz CT molecular complexity index is 625. The number of carbonyl (C=O) groups excluding carboxylic acids is 1. The van der Waals surface area contributed by atoms with Crippen molar-refractivity contribution in [2.75, 3.05) is 27.7 Å². The standard InChI is InChI=1S/C16H19ClN2O2S/c1-19(2)10-14(11-4-6-12(21-3)7-5-11)18-16(20)15-13(17)8-9-22-15/h4-9,14H,10H2,1-3H3,(H,18,20). The first kappa shape index (κ1) is 16.8. The third kappa shape index (κ3) is 4.22. The fourth-order valence-corrected chi connectivity index (χ4v) is 3.16. The van der Waals surface area contributed by atoms with E-state index in [-0.39, 0.29) is 11.9 Å². The van der Waals surface area contributed by atoms with Crippen LogP contribution in [0, 0.1) is 0 Å². The van der Waals surface area contributed by atoms with Crippen LogP contribution in [0.3, 0.4) is 0 Å². The van der Waals surface area contributed by atoms with Gasteiger partial charge < -0.3 is 15.0 Å². The Morgan fingerprint density at radius 1 is 1.32 bits per heavy atom. The second-order valence-corrected chi connectivity index (χ2v) is 6.48. The molecule has 0 aliphatic heterocycles. The van der Waals surface area contributed by atoms with Gasteiger partial charge in [0.05, 0.1) is 18.2 Å². The van der Waals surface area contributed by atoms with E-state index >= 15 is 0 Å². The molecule has 1 amide bonds. The quantitative estimate of drug-likeness (QED) is 0.877. The van der Waals surface area contributed by atoms with E-state index in [0.717, 1.165) is 11.3 Å². The minimum Gasteiger partial charge on any atom is -0.497 e. The molecular weight excluding hydrogens is 320 g/mol. The van der Waals surface area contributed by atoms with Crippen LogP contribution in [0.4, 0.5) is 0 Å². The molecule has 4 nitrogen and oxygen atoms in total. The smallest absolute Gasteiger partial charge is 0.263 e. The first-order valence-electron chi connectivity index (χ1n) is 6.83. The number of carbonyl (C=O) groups is 1. The van der Waals surface area contributed by atoms with Gasteiger partial charge in [-0.2, -0.15) is 0 Å². The van der Waals surface area contributed by atoms with Crippen LogP contribution in [0.2, 0.25) is 5.02 Å². The molecule has 0 radical (unpaired) electrons. The summed E-state index contributed by atoms with van der Waals surface area (Å²) < 4.78 is 5.17. The highest BCUT2D eigenvalue weighted by Crippen LogP contribution is 2.24. The molecule has 1 atom stereocenters. The molecule has 1 N–H and O–H groups in total. The normalized spacial score (nSPS) is 12.2. The van der Waals surface area contributed by atoms with Crippen LogP contribution in [-0.4, -0.2) is 38.6 Å². The van der Waals surface area contributed by atoms with Gasteiger partial charge in [0, 0.05) is 6.54 Å². The largest absolute Gasteiger partial charge is 0.497 e. The zero-order chi connectivity index (χ0) is 16.1. The zero-order valence-electron chi connectivity index (χ0n) is 12.8. The number of thiophene rings is 1. The van der Waals surface area contributed by atoms with E-state index < -0.39 is 0 Å². The molecule has 0 spiro atoms. The first-order valence-corrected chi connectivity index (χ1v) is 8.09. The van der Waals surface area contributed by atoms with Gasteiger partial charge in [0.2, 0.25) is 0 Å². The molecule has 2 rings (SSSR count). The SMILES string of the molecule is COc1ccc(C(CN(C)C)NC(=O)c2sccc2Cl)cc1. The molecule has 118 valence electrons.